The molecule has 0 radical (unpaired) electrons. The number of nitrogens with zero attached hydrogens (tertiary/aromatic N) is 1. The Morgan fingerprint density at radius 2 is 1.13 bits per heavy atom. The summed E-state index contributed by atoms with van der Waals surface area (Å²) in [7, 11) is 0. The average molecular weight is 412 g/mol. The van der Waals surface area contributed by atoms with E-state index in [0.717, 1.165) is 0 Å². The van der Waals surface area contributed by atoms with Crippen molar-refractivity contribution in [2.75, 3.05) is 4.90 Å². The minimum atomic E-state index is 0.0617. The Kier molecular flexibility index (Phi) is 7.46. The molecule has 1 saturated heterocycles. The highest BCUT2D eigenvalue weighted by molar-refractivity contribution is 5.66. The molecule has 0 aliphatic carbocycles. The van der Waals surface area contributed by atoms with Crippen LogP contribution < -0.4 is 4.90 Å². The lowest BCUT2D eigenvalue weighted by molar-refractivity contribution is 0.514. The van der Waals surface area contributed by atoms with Gasteiger partial charge in [-0.2, -0.15) is 0 Å². The standard InChI is InChI=1S/C30H37N/c1-2-3-4-5-6-7-8-18-25-30(27-21-14-10-15-22-27)29(26-19-12-9-13-20-26)31(30)28-23-16-11-17-24-28/h9-17,19-24,29H,2-8,18,25H2,1H3/t29-,30-,31?/m1/s1. The van der Waals surface area contributed by atoms with E-state index in [0.29, 0.717) is 6.04 Å². The van der Waals surface area contributed by atoms with Crippen LogP contribution in [0.1, 0.15) is 81.9 Å². The summed E-state index contributed by atoms with van der Waals surface area (Å²) in [6.07, 6.45) is 12.1. The van der Waals surface area contributed by atoms with E-state index in [1.165, 1.54) is 74.6 Å². The van der Waals surface area contributed by atoms with E-state index in [9.17, 15) is 0 Å². The minimum Gasteiger partial charge on any atom is -0.350 e. The van der Waals surface area contributed by atoms with Crippen molar-refractivity contribution in [3.8, 4) is 0 Å². The van der Waals surface area contributed by atoms with Gasteiger partial charge in [0.2, 0.25) is 0 Å². The molecule has 0 unspecified atom stereocenters. The fourth-order valence-corrected chi connectivity index (χ4v) is 5.31. The first kappa shape index (κ1) is 21.7. The van der Waals surface area contributed by atoms with Crippen LogP contribution in [0.15, 0.2) is 91.0 Å². The van der Waals surface area contributed by atoms with Crippen molar-refractivity contribution in [1.29, 1.82) is 0 Å². The molecule has 3 aromatic carbocycles. The van der Waals surface area contributed by atoms with E-state index < -0.39 is 0 Å². The highest BCUT2D eigenvalue weighted by Gasteiger charge is 2.63. The van der Waals surface area contributed by atoms with E-state index in [2.05, 4.69) is 103 Å². The van der Waals surface area contributed by atoms with Crippen molar-refractivity contribution in [2.24, 2.45) is 0 Å². The van der Waals surface area contributed by atoms with Crippen molar-refractivity contribution < 1.29 is 0 Å². The van der Waals surface area contributed by atoms with Crippen LogP contribution in [-0.4, -0.2) is 0 Å². The first-order chi connectivity index (χ1) is 15.4. The summed E-state index contributed by atoms with van der Waals surface area (Å²) in [5.41, 5.74) is 4.27. The highest BCUT2D eigenvalue weighted by atomic mass is 15.4. The second-order valence-electron chi connectivity index (χ2n) is 9.03. The van der Waals surface area contributed by atoms with Crippen molar-refractivity contribution in [3.05, 3.63) is 102 Å². The van der Waals surface area contributed by atoms with Crippen LogP contribution in [0.4, 0.5) is 5.69 Å². The van der Waals surface area contributed by atoms with Crippen molar-refractivity contribution in [2.45, 2.75) is 76.3 Å². The Morgan fingerprint density at radius 3 is 1.74 bits per heavy atom. The summed E-state index contributed by atoms with van der Waals surface area (Å²) in [5.74, 6) is 0. The summed E-state index contributed by atoms with van der Waals surface area (Å²) in [6.45, 7) is 2.29. The van der Waals surface area contributed by atoms with Gasteiger partial charge in [0.15, 0.2) is 0 Å². The summed E-state index contributed by atoms with van der Waals surface area (Å²) < 4.78 is 0. The number of anilines is 1. The molecule has 1 aliphatic rings. The first-order valence-corrected chi connectivity index (χ1v) is 12.3. The molecule has 0 N–H and O–H groups in total. The van der Waals surface area contributed by atoms with Crippen LogP contribution in [0.2, 0.25) is 0 Å². The Labute approximate surface area is 189 Å². The van der Waals surface area contributed by atoms with Gasteiger partial charge in [-0.05, 0) is 29.7 Å². The SMILES string of the molecule is CCCCCCCCCC[C@@]1(c2ccccc2)[C@@H](c2ccccc2)N1c1ccccc1. The summed E-state index contributed by atoms with van der Waals surface area (Å²) in [5, 5.41) is 0. The van der Waals surface area contributed by atoms with Gasteiger partial charge in [0.05, 0.1) is 11.6 Å². The van der Waals surface area contributed by atoms with E-state index in [-0.39, 0.29) is 5.54 Å². The normalized spacial score (nSPS) is 20.0. The molecule has 0 aromatic heterocycles. The van der Waals surface area contributed by atoms with Crippen LogP contribution in [0, 0.1) is 0 Å². The van der Waals surface area contributed by atoms with Gasteiger partial charge in [-0.15, -0.1) is 0 Å². The minimum absolute atomic E-state index is 0.0617. The van der Waals surface area contributed by atoms with E-state index in [4.69, 9.17) is 0 Å². The van der Waals surface area contributed by atoms with Gasteiger partial charge in [0, 0.05) is 5.69 Å². The fourth-order valence-electron chi connectivity index (χ4n) is 5.31. The third kappa shape index (κ3) is 4.87. The third-order valence-corrected chi connectivity index (χ3v) is 6.91. The molecule has 162 valence electrons. The lowest BCUT2D eigenvalue weighted by Crippen LogP contribution is -2.16. The molecular formula is C30H37N. The quantitative estimate of drug-likeness (QED) is 0.213. The lowest BCUT2D eigenvalue weighted by atomic mass is 9.86. The second-order valence-corrected chi connectivity index (χ2v) is 9.03. The van der Waals surface area contributed by atoms with Gasteiger partial charge < -0.3 is 4.90 Å². The molecular weight excluding hydrogens is 374 g/mol. The number of rotatable bonds is 12. The van der Waals surface area contributed by atoms with Crippen LogP contribution >= 0.6 is 0 Å². The van der Waals surface area contributed by atoms with Crippen molar-refractivity contribution in [3.63, 3.8) is 0 Å². The van der Waals surface area contributed by atoms with Crippen molar-refractivity contribution in [1.82, 2.24) is 0 Å². The van der Waals surface area contributed by atoms with Gasteiger partial charge in [-0.25, -0.2) is 0 Å². The predicted molar refractivity (Wildman–Crippen MR) is 133 cm³/mol. The monoisotopic (exact) mass is 411 g/mol. The smallest absolute Gasteiger partial charge is 0.0906 e. The number of para-hydroxylation sites is 1. The number of unbranched alkanes of at least 4 members (excludes halogenated alkanes) is 7. The van der Waals surface area contributed by atoms with E-state index >= 15 is 0 Å². The third-order valence-electron chi connectivity index (χ3n) is 6.91. The molecule has 0 spiro atoms. The Hall–Kier alpha value is -2.54. The summed E-state index contributed by atoms with van der Waals surface area (Å²) >= 11 is 0. The van der Waals surface area contributed by atoms with Gasteiger partial charge in [0.25, 0.3) is 0 Å². The zero-order valence-corrected chi connectivity index (χ0v) is 19.0. The molecule has 0 saturated carbocycles. The Morgan fingerprint density at radius 1 is 0.613 bits per heavy atom. The van der Waals surface area contributed by atoms with Gasteiger partial charge >= 0.3 is 0 Å². The van der Waals surface area contributed by atoms with Crippen LogP contribution in [0.3, 0.4) is 0 Å². The van der Waals surface area contributed by atoms with Gasteiger partial charge in [0.1, 0.15) is 0 Å². The Balaban J connectivity index is 1.54. The van der Waals surface area contributed by atoms with Gasteiger partial charge in [-0.1, -0.05) is 137 Å². The van der Waals surface area contributed by atoms with E-state index in [1.54, 1.807) is 0 Å². The fraction of sp³-hybridized carbons (Fsp3) is 0.400. The van der Waals surface area contributed by atoms with Gasteiger partial charge in [-0.3, -0.25) is 0 Å². The van der Waals surface area contributed by atoms with E-state index in [1.807, 2.05) is 0 Å². The van der Waals surface area contributed by atoms with Crippen LogP contribution in [0.5, 0.6) is 0 Å². The molecule has 0 bridgehead atoms. The number of benzene rings is 3. The molecule has 4 rings (SSSR count). The van der Waals surface area contributed by atoms with Crippen LogP contribution in [-0.2, 0) is 5.54 Å². The zero-order chi connectivity index (χ0) is 21.4. The van der Waals surface area contributed by atoms with Crippen LogP contribution in [0.25, 0.3) is 0 Å². The maximum absolute atomic E-state index is 2.67. The van der Waals surface area contributed by atoms with Crippen molar-refractivity contribution >= 4 is 5.69 Å². The maximum atomic E-state index is 2.67. The molecule has 1 heterocycles. The second kappa shape index (κ2) is 10.7. The predicted octanol–water partition coefficient (Wildman–Crippen LogP) is 8.67. The molecule has 1 nitrogen and oxygen atoms in total. The highest BCUT2D eigenvalue weighted by Crippen LogP contribution is 2.64. The summed E-state index contributed by atoms with van der Waals surface area (Å²) in [6, 6.07) is 33.7. The molecule has 31 heavy (non-hydrogen) atoms. The lowest BCUT2D eigenvalue weighted by Gasteiger charge is -2.19. The molecule has 3 aromatic rings. The maximum Gasteiger partial charge on any atom is 0.0906 e. The molecule has 1 fully saturated rings. The number of hydrogen-bond donors (Lipinski definition) is 0. The largest absolute Gasteiger partial charge is 0.350 e. The topological polar surface area (TPSA) is 3.01 Å². The molecule has 1 aliphatic heterocycles. The Bertz CT molecular complexity index is 842. The molecule has 1 heteroatoms. The average Bonchev–Trinajstić information content (AvgIpc) is 3.52. The summed E-state index contributed by atoms with van der Waals surface area (Å²) in [4.78, 5) is 2.67. The first-order valence-electron chi connectivity index (χ1n) is 12.3. The number of hydrogen-bond acceptors (Lipinski definition) is 1. The zero-order valence-electron chi connectivity index (χ0n) is 19.0. The molecule has 0 amide bonds. The molecule has 2 atom stereocenters.